The Balaban J connectivity index is 4.02. The maximum Gasteiger partial charge on any atom is 0.355 e. The number of hydrogen-bond donors (Lipinski definition) is 3. The molecule has 0 aromatic heterocycles. The number of aliphatic imine (C=N–C) groups is 1. The number of hydrazone groups is 1. The Kier molecular flexibility index (Phi) is 6.40. The van der Waals surface area contributed by atoms with E-state index < -0.39 is 5.97 Å². The van der Waals surface area contributed by atoms with Crippen LogP contribution >= 0.6 is 0 Å². The van der Waals surface area contributed by atoms with Crippen LogP contribution in [0.2, 0.25) is 0 Å². The van der Waals surface area contributed by atoms with Gasteiger partial charge in [0.1, 0.15) is 6.67 Å². The van der Waals surface area contributed by atoms with Crippen molar-refractivity contribution in [2.24, 2.45) is 10.1 Å². The quantitative estimate of drug-likeness (QED) is 0.230. The molecule has 0 unspecified atom stereocenters. The number of hydrogen-bond acceptors (Lipinski definition) is 5. The molecule has 0 aliphatic heterocycles. The Bertz CT molecular complexity index is 271. The number of aliphatic carboxylic acids is 1. The molecule has 0 fully saturated rings. The van der Waals surface area contributed by atoms with Gasteiger partial charge in [-0.25, -0.2) is 4.79 Å². The van der Waals surface area contributed by atoms with E-state index in [0.29, 0.717) is 0 Å². The van der Waals surface area contributed by atoms with Gasteiger partial charge in [0.05, 0.1) is 0 Å². The summed E-state index contributed by atoms with van der Waals surface area (Å²) >= 11 is 0. The molecular weight excluding hydrogens is 184 g/mol. The molecule has 0 saturated carbocycles. The zero-order valence-electron chi connectivity index (χ0n) is 7.60. The van der Waals surface area contributed by atoms with Gasteiger partial charge in [0.25, 0.3) is 0 Å². The lowest BCUT2D eigenvalue weighted by Crippen LogP contribution is -2.18. The molecule has 3 N–H and O–H groups in total. The average Bonchev–Trinajstić information content (AvgIpc) is 2.15. The fraction of sp³-hybridized carbons (Fsp3) is 0.125. The van der Waals surface area contributed by atoms with Crippen molar-refractivity contribution in [2.45, 2.75) is 0 Å². The average molecular weight is 196 g/mol. The van der Waals surface area contributed by atoms with Crippen molar-refractivity contribution in [3.05, 3.63) is 24.6 Å². The van der Waals surface area contributed by atoms with Crippen molar-refractivity contribution in [3.8, 4) is 0 Å². The summed E-state index contributed by atoms with van der Waals surface area (Å²) in [6.07, 6.45) is 4.27. The molecule has 0 aromatic carbocycles. The molecule has 6 heteroatoms. The van der Waals surface area contributed by atoms with Crippen LogP contribution in [0.3, 0.4) is 0 Å². The molecular formula is C8H12N4O2. The predicted octanol–water partition coefficient (Wildman–Crippen LogP) is -0.0785. The number of carbonyl (C=O) groups is 1. The van der Waals surface area contributed by atoms with Crippen molar-refractivity contribution < 1.29 is 9.90 Å². The molecule has 0 rings (SSSR count). The minimum absolute atomic E-state index is 0.103. The highest BCUT2D eigenvalue weighted by Crippen LogP contribution is 1.85. The Morgan fingerprint density at radius 1 is 1.57 bits per heavy atom. The third-order valence-corrected chi connectivity index (χ3v) is 1.07. The van der Waals surface area contributed by atoms with Crippen LogP contribution in [-0.2, 0) is 4.79 Å². The molecule has 0 aromatic rings. The number of rotatable bonds is 7. The third-order valence-electron chi connectivity index (χ3n) is 1.07. The van der Waals surface area contributed by atoms with Crippen LogP contribution in [0.4, 0.5) is 0 Å². The van der Waals surface area contributed by atoms with Gasteiger partial charge in [0, 0.05) is 19.1 Å². The highest BCUT2D eigenvalue weighted by Gasteiger charge is 2.03. The van der Waals surface area contributed by atoms with Gasteiger partial charge in [-0.2, -0.15) is 5.10 Å². The van der Waals surface area contributed by atoms with Crippen LogP contribution in [0.15, 0.2) is 34.6 Å². The Morgan fingerprint density at radius 2 is 2.29 bits per heavy atom. The monoisotopic (exact) mass is 196 g/mol. The molecule has 0 aliphatic carbocycles. The first kappa shape index (κ1) is 11.9. The minimum atomic E-state index is -1.13. The Morgan fingerprint density at radius 3 is 2.79 bits per heavy atom. The summed E-state index contributed by atoms with van der Waals surface area (Å²) < 4.78 is 0. The molecule has 0 amide bonds. The van der Waals surface area contributed by atoms with Crippen LogP contribution in [0, 0.1) is 0 Å². The lowest BCUT2D eigenvalue weighted by atomic mass is 10.5. The maximum absolute atomic E-state index is 10.5. The van der Waals surface area contributed by atoms with Crippen LogP contribution in [0.1, 0.15) is 0 Å². The first-order chi connectivity index (χ1) is 6.72. The first-order valence-corrected chi connectivity index (χ1v) is 3.71. The summed E-state index contributed by atoms with van der Waals surface area (Å²) in [7, 11) is 0. The third kappa shape index (κ3) is 5.53. The molecule has 0 saturated heterocycles. The highest BCUT2D eigenvalue weighted by molar-refractivity contribution is 5.85. The summed E-state index contributed by atoms with van der Waals surface area (Å²) in [5.41, 5.74) is 2.11. The smallest absolute Gasteiger partial charge is 0.355 e. The van der Waals surface area contributed by atoms with E-state index in [2.05, 4.69) is 34.1 Å². The lowest BCUT2D eigenvalue weighted by Gasteiger charge is -2.00. The van der Waals surface area contributed by atoms with Crippen molar-refractivity contribution in [1.29, 1.82) is 0 Å². The fourth-order valence-electron chi connectivity index (χ4n) is 0.555. The highest BCUT2D eigenvalue weighted by atomic mass is 16.4. The topological polar surface area (TPSA) is 86.1 Å². The summed E-state index contributed by atoms with van der Waals surface area (Å²) in [6.45, 7) is 6.80. The zero-order valence-corrected chi connectivity index (χ0v) is 7.60. The van der Waals surface area contributed by atoms with E-state index in [9.17, 15) is 4.79 Å². The summed E-state index contributed by atoms with van der Waals surface area (Å²) in [4.78, 5) is 14.3. The van der Waals surface area contributed by atoms with E-state index in [1.54, 1.807) is 0 Å². The Labute approximate surface area is 81.7 Å². The molecule has 0 radical (unpaired) electrons. The second-order valence-electron chi connectivity index (χ2n) is 2.06. The van der Waals surface area contributed by atoms with Crippen LogP contribution in [0.5, 0.6) is 0 Å². The summed E-state index contributed by atoms with van der Waals surface area (Å²) in [5, 5.41) is 14.5. The number of allylic oxidation sites excluding steroid dienone is 1. The van der Waals surface area contributed by atoms with Crippen molar-refractivity contribution >= 4 is 18.9 Å². The number of nitrogens with one attached hydrogen (secondary N) is 2. The summed E-state index contributed by atoms with van der Waals surface area (Å²) in [5.74, 6) is -1.13. The van der Waals surface area contributed by atoms with E-state index in [0.717, 1.165) is 0 Å². The largest absolute Gasteiger partial charge is 0.476 e. The number of carboxylic acids is 1. The molecule has 6 nitrogen and oxygen atoms in total. The van der Waals surface area contributed by atoms with E-state index in [4.69, 9.17) is 5.11 Å². The minimum Gasteiger partial charge on any atom is -0.476 e. The molecule has 0 aliphatic rings. The van der Waals surface area contributed by atoms with Crippen LogP contribution in [-0.4, -0.2) is 30.7 Å². The zero-order chi connectivity index (χ0) is 10.8. The van der Waals surface area contributed by atoms with Gasteiger partial charge in [-0.15, -0.1) is 0 Å². The molecule has 76 valence electrons. The second kappa shape index (κ2) is 7.53. The lowest BCUT2D eigenvalue weighted by molar-refractivity contribution is -0.133. The van der Waals surface area contributed by atoms with Crippen molar-refractivity contribution in [1.82, 2.24) is 10.7 Å². The van der Waals surface area contributed by atoms with E-state index >= 15 is 0 Å². The second-order valence-corrected chi connectivity index (χ2v) is 2.06. The van der Waals surface area contributed by atoms with Crippen molar-refractivity contribution in [2.75, 3.05) is 6.67 Å². The summed E-state index contributed by atoms with van der Waals surface area (Å²) in [6, 6.07) is 0. The van der Waals surface area contributed by atoms with Gasteiger partial charge < -0.3 is 10.4 Å². The molecule has 0 atom stereocenters. The van der Waals surface area contributed by atoms with Gasteiger partial charge >= 0.3 is 5.97 Å². The molecule has 14 heavy (non-hydrogen) atoms. The van der Waals surface area contributed by atoms with Crippen molar-refractivity contribution in [3.63, 3.8) is 0 Å². The molecule has 0 heterocycles. The predicted molar refractivity (Wildman–Crippen MR) is 55.1 cm³/mol. The standard InChI is InChI=1S/C8H12N4O2/c1-3-4-10-6-11-5-7(8(13)14)12-9-2/h3-5,11-12H,1-2,6H2,(H,13,14)/b7-5-,10-4?. The number of nitrogens with zero attached hydrogens (tertiary/aromatic N) is 2. The molecule has 0 bridgehead atoms. The van der Waals surface area contributed by atoms with Gasteiger partial charge in [-0.3, -0.25) is 10.4 Å². The van der Waals surface area contributed by atoms with Crippen LogP contribution < -0.4 is 10.7 Å². The maximum atomic E-state index is 10.5. The van der Waals surface area contributed by atoms with E-state index in [-0.39, 0.29) is 12.4 Å². The van der Waals surface area contributed by atoms with Gasteiger partial charge in [0.15, 0.2) is 5.70 Å². The number of carboxylic acid groups (broad SMARTS) is 1. The van der Waals surface area contributed by atoms with E-state index in [1.807, 2.05) is 0 Å². The fourth-order valence-corrected chi connectivity index (χ4v) is 0.555. The Hall–Kier alpha value is -2.11. The van der Waals surface area contributed by atoms with Gasteiger partial charge in [0.2, 0.25) is 0 Å². The SMILES string of the molecule is C=CC=NCN/C=C(\NN=C)C(=O)O. The van der Waals surface area contributed by atoms with E-state index in [1.165, 1.54) is 18.5 Å². The molecule has 0 spiro atoms. The van der Waals surface area contributed by atoms with Gasteiger partial charge in [-0.1, -0.05) is 12.7 Å². The van der Waals surface area contributed by atoms with Gasteiger partial charge in [-0.05, 0) is 0 Å². The van der Waals surface area contributed by atoms with Crippen LogP contribution in [0.25, 0.3) is 0 Å². The normalized spacial score (nSPS) is 11.0. The first-order valence-electron chi connectivity index (χ1n) is 3.71.